The summed E-state index contributed by atoms with van der Waals surface area (Å²) in [6, 6.07) is 0. The first-order chi connectivity index (χ1) is 5.83. The maximum atomic E-state index is 4.04. The van der Waals surface area contributed by atoms with Crippen LogP contribution in [0.1, 0.15) is 13.8 Å². The molecule has 0 atom stereocenters. The Morgan fingerprint density at radius 3 is 2.33 bits per heavy atom. The lowest BCUT2D eigenvalue weighted by atomic mass is 9.90. The SMILES string of the molecule is CC#CC1(C#CC)C=NC=NC1. The minimum atomic E-state index is -0.432. The van der Waals surface area contributed by atoms with Crippen molar-refractivity contribution in [1.29, 1.82) is 0 Å². The molecule has 1 rings (SSSR count). The van der Waals surface area contributed by atoms with E-state index in [1.54, 1.807) is 20.1 Å². The zero-order valence-corrected chi connectivity index (χ0v) is 7.26. The predicted octanol–water partition coefficient (Wildman–Crippen LogP) is 1.13. The van der Waals surface area contributed by atoms with Gasteiger partial charge in [-0.2, -0.15) is 0 Å². The van der Waals surface area contributed by atoms with Crippen molar-refractivity contribution in [2.24, 2.45) is 15.4 Å². The fourth-order valence-corrected chi connectivity index (χ4v) is 1.05. The highest BCUT2D eigenvalue weighted by atomic mass is 14.9. The van der Waals surface area contributed by atoms with E-state index >= 15 is 0 Å². The minimum absolute atomic E-state index is 0.432. The number of hydrogen-bond acceptors (Lipinski definition) is 2. The molecule has 1 aliphatic heterocycles. The number of aliphatic imine (C=N–C) groups is 2. The van der Waals surface area contributed by atoms with Crippen molar-refractivity contribution < 1.29 is 0 Å². The third kappa shape index (κ3) is 1.74. The molecule has 60 valence electrons. The lowest BCUT2D eigenvalue weighted by Gasteiger charge is -2.16. The Kier molecular flexibility index (Phi) is 2.66. The highest BCUT2D eigenvalue weighted by Gasteiger charge is 2.23. The van der Waals surface area contributed by atoms with Gasteiger partial charge in [0.2, 0.25) is 0 Å². The van der Waals surface area contributed by atoms with Crippen molar-refractivity contribution >= 4 is 12.6 Å². The summed E-state index contributed by atoms with van der Waals surface area (Å²) in [5.41, 5.74) is -0.432. The molecule has 1 aliphatic rings. The van der Waals surface area contributed by atoms with Gasteiger partial charge in [0.15, 0.2) is 0 Å². The van der Waals surface area contributed by atoms with Gasteiger partial charge in [-0.1, -0.05) is 11.8 Å². The van der Waals surface area contributed by atoms with E-state index in [-0.39, 0.29) is 0 Å². The van der Waals surface area contributed by atoms with E-state index in [4.69, 9.17) is 0 Å². The second-order valence-corrected chi connectivity index (χ2v) is 2.46. The molecule has 0 spiro atoms. The lowest BCUT2D eigenvalue weighted by molar-refractivity contribution is 0.753. The molecule has 0 amide bonds. The van der Waals surface area contributed by atoms with Crippen LogP contribution in [0.25, 0.3) is 0 Å². The van der Waals surface area contributed by atoms with Crippen LogP contribution < -0.4 is 0 Å². The fraction of sp³-hybridized carbons (Fsp3) is 0.400. The Bertz CT molecular complexity index is 308. The standard InChI is InChI=1S/C10H10N2/c1-3-5-10(6-4-2)7-11-9-12-8-10/h7,9H,8H2,1-2H3. The molecule has 0 saturated carbocycles. The second kappa shape index (κ2) is 3.74. The topological polar surface area (TPSA) is 24.7 Å². The molecule has 1 heterocycles. The van der Waals surface area contributed by atoms with E-state index in [2.05, 4.69) is 33.7 Å². The van der Waals surface area contributed by atoms with Crippen molar-refractivity contribution in [2.75, 3.05) is 6.54 Å². The van der Waals surface area contributed by atoms with E-state index < -0.39 is 5.41 Å². The second-order valence-electron chi connectivity index (χ2n) is 2.46. The van der Waals surface area contributed by atoms with Gasteiger partial charge in [0.25, 0.3) is 0 Å². The van der Waals surface area contributed by atoms with Gasteiger partial charge in [-0.15, -0.1) is 11.8 Å². The zero-order chi connectivity index (χ0) is 8.86. The first kappa shape index (κ1) is 8.56. The summed E-state index contributed by atoms with van der Waals surface area (Å²) in [4.78, 5) is 7.99. The van der Waals surface area contributed by atoms with Crippen LogP contribution in [0.4, 0.5) is 0 Å². The van der Waals surface area contributed by atoms with Gasteiger partial charge in [0.05, 0.1) is 6.54 Å². The monoisotopic (exact) mass is 158 g/mol. The van der Waals surface area contributed by atoms with Gasteiger partial charge in [-0.25, -0.2) is 4.99 Å². The Morgan fingerprint density at radius 2 is 1.92 bits per heavy atom. The molecule has 0 bridgehead atoms. The summed E-state index contributed by atoms with van der Waals surface area (Å²) in [6.45, 7) is 4.19. The predicted molar refractivity (Wildman–Crippen MR) is 51.2 cm³/mol. The van der Waals surface area contributed by atoms with Gasteiger partial charge in [0.1, 0.15) is 11.8 Å². The third-order valence-corrected chi connectivity index (χ3v) is 1.48. The Hall–Kier alpha value is -1.54. The third-order valence-electron chi connectivity index (χ3n) is 1.48. The van der Waals surface area contributed by atoms with Gasteiger partial charge in [-0.05, 0) is 13.8 Å². The molecule has 0 aromatic rings. The number of nitrogens with zero attached hydrogens (tertiary/aromatic N) is 2. The van der Waals surface area contributed by atoms with Crippen LogP contribution in [0.3, 0.4) is 0 Å². The summed E-state index contributed by atoms with van der Waals surface area (Å²) < 4.78 is 0. The maximum absolute atomic E-state index is 4.04. The molecule has 0 radical (unpaired) electrons. The Labute approximate surface area is 72.8 Å². The van der Waals surface area contributed by atoms with Crippen LogP contribution >= 0.6 is 0 Å². The average molecular weight is 158 g/mol. The normalized spacial score (nSPS) is 17.2. The summed E-state index contributed by atoms with van der Waals surface area (Å²) >= 11 is 0. The highest BCUT2D eigenvalue weighted by Crippen LogP contribution is 2.14. The van der Waals surface area contributed by atoms with E-state index in [1.165, 1.54) is 6.34 Å². The first-order valence-corrected chi connectivity index (χ1v) is 3.73. The molecule has 0 aliphatic carbocycles. The molecular weight excluding hydrogens is 148 g/mol. The van der Waals surface area contributed by atoms with Crippen LogP contribution in [0, 0.1) is 29.1 Å². The smallest absolute Gasteiger partial charge is 0.146 e. The van der Waals surface area contributed by atoms with Crippen molar-refractivity contribution in [1.82, 2.24) is 0 Å². The molecule has 0 N–H and O–H groups in total. The molecule has 2 nitrogen and oxygen atoms in total. The lowest BCUT2D eigenvalue weighted by Crippen LogP contribution is -2.24. The number of rotatable bonds is 0. The molecule has 0 saturated heterocycles. The zero-order valence-electron chi connectivity index (χ0n) is 7.26. The molecule has 0 fully saturated rings. The molecule has 0 aromatic carbocycles. The largest absolute Gasteiger partial charge is 0.270 e. The quantitative estimate of drug-likeness (QED) is 0.472. The van der Waals surface area contributed by atoms with Gasteiger partial charge in [0, 0.05) is 6.21 Å². The highest BCUT2D eigenvalue weighted by molar-refractivity contribution is 5.84. The molecule has 0 unspecified atom stereocenters. The number of hydrogen-bond donors (Lipinski definition) is 0. The van der Waals surface area contributed by atoms with Crippen molar-refractivity contribution in [3.63, 3.8) is 0 Å². The van der Waals surface area contributed by atoms with Crippen molar-refractivity contribution in [3.8, 4) is 23.7 Å². The van der Waals surface area contributed by atoms with E-state index in [0.29, 0.717) is 6.54 Å². The fourth-order valence-electron chi connectivity index (χ4n) is 1.05. The van der Waals surface area contributed by atoms with E-state index in [0.717, 1.165) is 0 Å². The van der Waals surface area contributed by atoms with Crippen LogP contribution in [-0.4, -0.2) is 19.1 Å². The average Bonchev–Trinajstić information content (AvgIpc) is 2.07. The van der Waals surface area contributed by atoms with Crippen LogP contribution in [0.5, 0.6) is 0 Å². The van der Waals surface area contributed by atoms with Gasteiger partial charge in [-0.3, -0.25) is 4.99 Å². The van der Waals surface area contributed by atoms with Gasteiger partial charge < -0.3 is 0 Å². The van der Waals surface area contributed by atoms with Crippen molar-refractivity contribution in [2.45, 2.75) is 13.8 Å². The van der Waals surface area contributed by atoms with Gasteiger partial charge >= 0.3 is 0 Å². The summed E-state index contributed by atoms with van der Waals surface area (Å²) in [6.07, 6.45) is 3.29. The first-order valence-electron chi connectivity index (χ1n) is 3.73. The molecule has 0 aromatic heterocycles. The molecular formula is C10H10N2. The Morgan fingerprint density at radius 1 is 1.25 bits per heavy atom. The Balaban J connectivity index is 2.98. The maximum Gasteiger partial charge on any atom is 0.146 e. The summed E-state index contributed by atoms with van der Waals surface area (Å²) in [7, 11) is 0. The van der Waals surface area contributed by atoms with E-state index in [9.17, 15) is 0 Å². The molecule has 2 heteroatoms. The van der Waals surface area contributed by atoms with Crippen LogP contribution in [0.2, 0.25) is 0 Å². The van der Waals surface area contributed by atoms with E-state index in [1.807, 2.05) is 0 Å². The van der Waals surface area contributed by atoms with Crippen LogP contribution in [-0.2, 0) is 0 Å². The summed E-state index contributed by atoms with van der Waals surface area (Å²) in [5.74, 6) is 11.7. The van der Waals surface area contributed by atoms with Crippen LogP contribution in [0.15, 0.2) is 9.98 Å². The minimum Gasteiger partial charge on any atom is -0.270 e. The summed E-state index contributed by atoms with van der Waals surface area (Å²) in [5, 5.41) is 0. The van der Waals surface area contributed by atoms with Crippen molar-refractivity contribution in [3.05, 3.63) is 0 Å². The molecule has 12 heavy (non-hydrogen) atoms.